The topological polar surface area (TPSA) is 93.8 Å². The van der Waals surface area contributed by atoms with Crippen molar-refractivity contribution in [2.75, 3.05) is 7.11 Å². The maximum absolute atomic E-state index is 10.9. The van der Waals surface area contributed by atoms with E-state index >= 15 is 0 Å². The minimum absolute atomic E-state index is 0.434. The molecule has 1 aromatic rings. The van der Waals surface area contributed by atoms with Crippen LogP contribution in [0.4, 0.5) is 0 Å². The fourth-order valence-electron chi connectivity index (χ4n) is 1.21. The fourth-order valence-corrected chi connectivity index (χ4v) is 1.38. The van der Waals surface area contributed by atoms with Crippen molar-refractivity contribution < 1.29 is 14.3 Å². The highest BCUT2D eigenvalue weighted by Gasteiger charge is 2.10. The fraction of sp³-hybridized carbons (Fsp3) is 0.182. The van der Waals surface area contributed by atoms with E-state index in [0.717, 1.165) is 0 Å². The Balaban J connectivity index is 2.99. The van der Waals surface area contributed by atoms with E-state index in [1.165, 1.54) is 7.11 Å². The normalized spacial score (nSPS) is 10.9. The number of nitrogens with two attached hydrogens (primary N) is 1. The molecule has 0 unspecified atom stereocenters. The number of carbonyl (C=O) groups is 2. The molecule has 0 aliphatic carbocycles. The molecule has 0 bridgehead atoms. The minimum atomic E-state index is -1.11. The van der Waals surface area contributed by atoms with Crippen molar-refractivity contribution in [2.24, 2.45) is 10.8 Å². The Bertz CT molecular complexity index is 514. The number of nitrogens with one attached hydrogen (secondary N) is 1. The molecule has 0 spiro atoms. The van der Waals surface area contributed by atoms with E-state index in [-0.39, 0.29) is 0 Å². The third kappa shape index (κ3) is 3.46. The van der Waals surface area contributed by atoms with Crippen LogP contribution in [0.3, 0.4) is 0 Å². The lowest BCUT2D eigenvalue weighted by Gasteiger charge is -2.08. The summed E-state index contributed by atoms with van der Waals surface area (Å²) in [7, 11) is 1.50. The van der Waals surface area contributed by atoms with Crippen LogP contribution in [0.2, 0.25) is 5.02 Å². The van der Waals surface area contributed by atoms with Crippen LogP contribution in [0.1, 0.15) is 12.5 Å². The van der Waals surface area contributed by atoms with Crippen molar-refractivity contribution in [2.45, 2.75) is 6.92 Å². The first-order valence-corrected chi connectivity index (χ1v) is 5.31. The van der Waals surface area contributed by atoms with Crippen LogP contribution in [-0.4, -0.2) is 24.6 Å². The first-order valence-electron chi connectivity index (χ1n) is 4.93. The molecular formula is C11H12ClN3O3. The molecule has 0 saturated carbocycles. The Morgan fingerprint density at radius 2 is 2.11 bits per heavy atom. The van der Waals surface area contributed by atoms with Crippen molar-refractivity contribution >= 4 is 29.1 Å². The standard InChI is InChI=1S/C11H12ClN3O3/c1-6(14-15-11(17)10(13)16)8-5-7(12)3-4-9(8)18-2/h3-5H,1-2H3,(H2,13,16)(H,15,17)/b14-6-. The molecule has 0 saturated heterocycles. The van der Waals surface area contributed by atoms with E-state index in [1.807, 2.05) is 5.43 Å². The van der Waals surface area contributed by atoms with Gasteiger partial charge in [0.25, 0.3) is 0 Å². The summed E-state index contributed by atoms with van der Waals surface area (Å²) in [5, 5.41) is 4.24. The summed E-state index contributed by atoms with van der Waals surface area (Å²) in [4.78, 5) is 21.5. The first kappa shape index (κ1) is 14.0. The largest absolute Gasteiger partial charge is 0.496 e. The summed E-state index contributed by atoms with van der Waals surface area (Å²) in [5.41, 5.74) is 7.84. The molecule has 0 aromatic heterocycles. The minimum Gasteiger partial charge on any atom is -0.496 e. The van der Waals surface area contributed by atoms with Gasteiger partial charge in [0.1, 0.15) is 5.75 Å². The van der Waals surface area contributed by atoms with Gasteiger partial charge in [-0.1, -0.05) is 11.6 Å². The van der Waals surface area contributed by atoms with Crippen LogP contribution >= 0.6 is 11.6 Å². The zero-order valence-corrected chi connectivity index (χ0v) is 10.6. The molecule has 96 valence electrons. The highest BCUT2D eigenvalue weighted by atomic mass is 35.5. The van der Waals surface area contributed by atoms with E-state index in [9.17, 15) is 9.59 Å². The molecule has 1 aromatic carbocycles. The van der Waals surface area contributed by atoms with Crippen molar-refractivity contribution in [1.82, 2.24) is 5.43 Å². The predicted octanol–water partition coefficient (Wildman–Crippen LogP) is 0.674. The van der Waals surface area contributed by atoms with E-state index in [4.69, 9.17) is 22.1 Å². The van der Waals surface area contributed by atoms with Gasteiger partial charge in [0.05, 0.1) is 12.8 Å². The molecule has 0 aliphatic rings. The molecule has 1 rings (SSSR count). The van der Waals surface area contributed by atoms with Crippen LogP contribution in [-0.2, 0) is 9.59 Å². The second-order valence-electron chi connectivity index (χ2n) is 3.35. The van der Waals surface area contributed by atoms with Gasteiger partial charge in [-0.05, 0) is 25.1 Å². The third-order valence-corrected chi connectivity index (χ3v) is 2.34. The molecule has 2 amide bonds. The Hall–Kier alpha value is -2.08. The molecule has 0 fully saturated rings. The number of ether oxygens (including phenoxy) is 1. The maximum Gasteiger partial charge on any atom is 0.329 e. The lowest BCUT2D eigenvalue weighted by Crippen LogP contribution is -2.33. The summed E-state index contributed by atoms with van der Waals surface area (Å²) >= 11 is 5.86. The van der Waals surface area contributed by atoms with Crippen LogP contribution in [0, 0.1) is 0 Å². The van der Waals surface area contributed by atoms with Gasteiger partial charge in [-0.25, -0.2) is 5.43 Å². The van der Waals surface area contributed by atoms with Crippen LogP contribution in [0.5, 0.6) is 5.75 Å². The molecule has 0 radical (unpaired) electrons. The molecule has 0 aliphatic heterocycles. The summed E-state index contributed by atoms with van der Waals surface area (Å²) < 4.78 is 5.13. The molecule has 0 atom stereocenters. The van der Waals surface area contributed by atoms with E-state index in [0.29, 0.717) is 22.0 Å². The molecular weight excluding hydrogens is 258 g/mol. The number of primary amides is 1. The SMILES string of the molecule is COc1ccc(Cl)cc1/C(C)=N\NC(=O)C(N)=O. The predicted molar refractivity (Wildman–Crippen MR) is 67.6 cm³/mol. The Kier molecular flexibility index (Phi) is 4.67. The van der Waals surface area contributed by atoms with Crippen LogP contribution in [0.25, 0.3) is 0 Å². The van der Waals surface area contributed by atoms with Gasteiger partial charge in [-0.3, -0.25) is 9.59 Å². The Morgan fingerprint density at radius 3 is 2.67 bits per heavy atom. The number of benzene rings is 1. The molecule has 0 heterocycles. The van der Waals surface area contributed by atoms with E-state index in [2.05, 4.69) is 5.10 Å². The molecule has 6 nitrogen and oxygen atoms in total. The van der Waals surface area contributed by atoms with Gasteiger partial charge in [-0.15, -0.1) is 0 Å². The average molecular weight is 270 g/mol. The Morgan fingerprint density at radius 1 is 1.44 bits per heavy atom. The highest BCUT2D eigenvalue weighted by molar-refractivity contribution is 6.34. The van der Waals surface area contributed by atoms with Crippen LogP contribution in [0.15, 0.2) is 23.3 Å². The van der Waals surface area contributed by atoms with E-state index < -0.39 is 11.8 Å². The van der Waals surface area contributed by atoms with Gasteiger partial charge in [0.15, 0.2) is 0 Å². The number of hydrogen-bond donors (Lipinski definition) is 2. The second-order valence-corrected chi connectivity index (χ2v) is 3.78. The van der Waals surface area contributed by atoms with Gasteiger partial charge >= 0.3 is 11.8 Å². The molecule has 18 heavy (non-hydrogen) atoms. The number of nitrogens with zero attached hydrogens (tertiary/aromatic N) is 1. The number of rotatable bonds is 3. The van der Waals surface area contributed by atoms with Gasteiger partial charge in [0.2, 0.25) is 0 Å². The van der Waals surface area contributed by atoms with Crippen LogP contribution < -0.4 is 15.9 Å². The van der Waals surface area contributed by atoms with E-state index in [1.54, 1.807) is 25.1 Å². The second kappa shape index (κ2) is 6.02. The maximum atomic E-state index is 10.9. The summed E-state index contributed by atoms with van der Waals surface area (Å²) in [6, 6.07) is 4.97. The quantitative estimate of drug-likeness (QED) is 0.480. The van der Waals surface area contributed by atoms with Crippen molar-refractivity contribution in [3.8, 4) is 5.75 Å². The smallest absolute Gasteiger partial charge is 0.329 e. The number of amides is 2. The monoisotopic (exact) mass is 269 g/mol. The number of carbonyl (C=O) groups excluding carboxylic acids is 2. The highest BCUT2D eigenvalue weighted by Crippen LogP contribution is 2.23. The summed E-state index contributed by atoms with van der Waals surface area (Å²) in [6.07, 6.45) is 0. The molecule has 3 N–H and O–H groups in total. The summed E-state index contributed by atoms with van der Waals surface area (Å²) in [6.45, 7) is 1.63. The summed E-state index contributed by atoms with van der Waals surface area (Å²) in [5.74, 6) is -1.55. The Labute approximate surface area is 109 Å². The zero-order chi connectivity index (χ0) is 13.7. The van der Waals surface area contributed by atoms with Crippen molar-refractivity contribution in [1.29, 1.82) is 0 Å². The van der Waals surface area contributed by atoms with Gasteiger partial charge in [0, 0.05) is 10.6 Å². The lowest BCUT2D eigenvalue weighted by molar-refractivity contribution is -0.137. The third-order valence-electron chi connectivity index (χ3n) is 2.10. The zero-order valence-electron chi connectivity index (χ0n) is 9.86. The first-order chi connectivity index (χ1) is 8.45. The number of hydrogen-bond acceptors (Lipinski definition) is 4. The lowest BCUT2D eigenvalue weighted by atomic mass is 10.1. The average Bonchev–Trinajstić information content (AvgIpc) is 2.35. The van der Waals surface area contributed by atoms with Gasteiger partial charge < -0.3 is 10.5 Å². The number of methoxy groups -OCH3 is 1. The number of halogens is 1. The van der Waals surface area contributed by atoms with Crippen molar-refractivity contribution in [3.63, 3.8) is 0 Å². The van der Waals surface area contributed by atoms with Gasteiger partial charge in [-0.2, -0.15) is 5.10 Å². The van der Waals surface area contributed by atoms with Crippen molar-refractivity contribution in [3.05, 3.63) is 28.8 Å². The number of hydrazone groups is 1. The molecule has 7 heteroatoms.